The standard InChI is InChI=1S/C22H15ClFN3O3S/c23-18-11-5-15(13-20(18)31(29,30)27-17-9-7-16(24)8-10-17)22(28)26-21-12-6-14-3-1-2-4-19(14)25-21/h1-13,27H,(H,25,26,28). The summed E-state index contributed by atoms with van der Waals surface area (Å²) in [6, 6.07) is 19.6. The largest absolute Gasteiger partial charge is 0.307 e. The summed E-state index contributed by atoms with van der Waals surface area (Å²) in [6.07, 6.45) is 0. The van der Waals surface area contributed by atoms with E-state index in [2.05, 4.69) is 15.0 Å². The summed E-state index contributed by atoms with van der Waals surface area (Å²) in [5.41, 5.74) is 0.953. The molecule has 1 heterocycles. The van der Waals surface area contributed by atoms with E-state index in [1.807, 2.05) is 30.3 Å². The maximum atomic E-state index is 13.1. The fraction of sp³-hybridized carbons (Fsp3) is 0. The van der Waals surface area contributed by atoms with Gasteiger partial charge in [-0.2, -0.15) is 0 Å². The highest BCUT2D eigenvalue weighted by molar-refractivity contribution is 7.92. The van der Waals surface area contributed by atoms with Gasteiger partial charge < -0.3 is 5.32 Å². The summed E-state index contributed by atoms with van der Waals surface area (Å²) in [4.78, 5) is 16.8. The van der Waals surface area contributed by atoms with E-state index < -0.39 is 21.7 Å². The maximum Gasteiger partial charge on any atom is 0.263 e. The van der Waals surface area contributed by atoms with Crippen molar-refractivity contribution in [2.75, 3.05) is 10.0 Å². The summed E-state index contributed by atoms with van der Waals surface area (Å²) in [7, 11) is -4.11. The number of pyridine rings is 1. The molecule has 2 N–H and O–H groups in total. The van der Waals surface area contributed by atoms with Gasteiger partial charge in [-0.3, -0.25) is 9.52 Å². The number of aromatic nitrogens is 1. The van der Waals surface area contributed by atoms with Crippen molar-refractivity contribution in [1.29, 1.82) is 0 Å². The van der Waals surface area contributed by atoms with Crippen molar-refractivity contribution < 1.29 is 17.6 Å². The molecule has 0 saturated heterocycles. The molecule has 1 amide bonds. The molecule has 0 unspecified atom stereocenters. The molecule has 0 atom stereocenters. The minimum atomic E-state index is -4.11. The Labute approximate surface area is 182 Å². The van der Waals surface area contributed by atoms with Gasteiger partial charge in [-0.25, -0.2) is 17.8 Å². The number of carbonyl (C=O) groups is 1. The summed E-state index contributed by atoms with van der Waals surface area (Å²) >= 11 is 6.08. The highest BCUT2D eigenvalue weighted by Crippen LogP contribution is 2.26. The molecule has 0 fully saturated rings. The van der Waals surface area contributed by atoms with Crippen LogP contribution in [0.1, 0.15) is 10.4 Å². The van der Waals surface area contributed by atoms with Crippen LogP contribution in [-0.2, 0) is 10.0 Å². The number of sulfonamides is 1. The Balaban J connectivity index is 1.60. The zero-order chi connectivity index (χ0) is 22.0. The third-order valence-electron chi connectivity index (χ3n) is 4.42. The lowest BCUT2D eigenvalue weighted by molar-refractivity contribution is 0.102. The number of rotatable bonds is 5. The number of benzene rings is 3. The van der Waals surface area contributed by atoms with Gasteiger partial charge in [0.25, 0.3) is 15.9 Å². The number of hydrogen-bond acceptors (Lipinski definition) is 4. The van der Waals surface area contributed by atoms with E-state index in [9.17, 15) is 17.6 Å². The zero-order valence-electron chi connectivity index (χ0n) is 15.8. The van der Waals surface area contributed by atoms with Crippen LogP contribution in [0, 0.1) is 5.82 Å². The summed E-state index contributed by atoms with van der Waals surface area (Å²) in [5, 5.41) is 3.52. The van der Waals surface area contributed by atoms with Gasteiger partial charge in [0.1, 0.15) is 16.5 Å². The lowest BCUT2D eigenvalue weighted by atomic mass is 10.2. The number of hydrogen-bond donors (Lipinski definition) is 2. The average molecular weight is 456 g/mol. The van der Waals surface area contributed by atoms with Crippen LogP contribution < -0.4 is 10.0 Å². The number of halogens is 2. The van der Waals surface area contributed by atoms with Crippen molar-refractivity contribution in [2.24, 2.45) is 0 Å². The lowest BCUT2D eigenvalue weighted by Crippen LogP contribution is -2.17. The van der Waals surface area contributed by atoms with E-state index in [4.69, 9.17) is 11.6 Å². The molecule has 0 radical (unpaired) electrons. The van der Waals surface area contributed by atoms with Crippen LogP contribution >= 0.6 is 11.6 Å². The first-order valence-electron chi connectivity index (χ1n) is 9.07. The van der Waals surface area contributed by atoms with E-state index in [1.165, 1.54) is 30.3 Å². The van der Waals surface area contributed by atoms with Crippen molar-refractivity contribution in [2.45, 2.75) is 4.90 Å². The van der Waals surface area contributed by atoms with E-state index in [0.29, 0.717) is 11.3 Å². The zero-order valence-corrected chi connectivity index (χ0v) is 17.4. The second kappa shape index (κ2) is 8.33. The number of nitrogens with zero attached hydrogens (tertiary/aromatic N) is 1. The Kier molecular flexibility index (Phi) is 5.58. The highest BCUT2D eigenvalue weighted by atomic mass is 35.5. The van der Waals surface area contributed by atoms with Gasteiger partial charge in [0.05, 0.1) is 10.5 Å². The van der Waals surface area contributed by atoms with Crippen LogP contribution in [0.5, 0.6) is 0 Å². The Bertz CT molecular complexity index is 1390. The monoisotopic (exact) mass is 455 g/mol. The second-order valence-corrected chi connectivity index (χ2v) is 8.66. The van der Waals surface area contributed by atoms with Crippen molar-refractivity contribution in [3.8, 4) is 0 Å². The fourth-order valence-electron chi connectivity index (χ4n) is 2.90. The van der Waals surface area contributed by atoms with Crippen LogP contribution in [0.2, 0.25) is 5.02 Å². The summed E-state index contributed by atoms with van der Waals surface area (Å²) in [5.74, 6) is -0.716. The van der Waals surface area contributed by atoms with Crippen LogP contribution in [0.3, 0.4) is 0 Å². The predicted octanol–water partition coefficient (Wildman–Crippen LogP) is 5.08. The molecule has 156 valence electrons. The molecule has 0 saturated carbocycles. The van der Waals surface area contributed by atoms with Crippen LogP contribution in [-0.4, -0.2) is 19.3 Å². The molecule has 3 aromatic carbocycles. The quantitative estimate of drug-likeness (QED) is 0.439. The molecular formula is C22H15ClFN3O3S. The highest BCUT2D eigenvalue weighted by Gasteiger charge is 2.21. The molecule has 0 bridgehead atoms. The molecular weight excluding hydrogens is 441 g/mol. The lowest BCUT2D eigenvalue weighted by Gasteiger charge is -2.11. The van der Waals surface area contributed by atoms with Gasteiger partial charge in [0, 0.05) is 16.6 Å². The Hall–Kier alpha value is -3.49. The number of amides is 1. The SMILES string of the molecule is O=C(Nc1ccc2ccccc2n1)c1ccc(Cl)c(S(=O)(=O)Nc2ccc(F)cc2)c1. The third kappa shape index (κ3) is 4.65. The molecule has 4 rings (SSSR count). The molecule has 4 aromatic rings. The molecule has 0 aliphatic carbocycles. The minimum absolute atomic E-state index is 0.0602. The first-order chi connectivity index (χ1) is 14.8. The molecule has 9 heteroatoms. The maximum absolute atomic E-state index is 13.1. The Morgan fingerprint density at radius 2 is 1.68 bits per heavy atom. The molecule has 31 heavy (non-hydrogen) atoms. The first kappa shape index (κ1) is 20.8. The van der Waals surface area contributed by atoms with E-state index >= 15 is 0 Å². The van der Waals surface area contributed by atoms with E-state index in [-0.39, 0.29) is 21.2 Å². The van der Waals surface area contributed by atoms with Gasteiger partial charge in [0.2, 0.25) is 0 Å². The first-order valence-corrected chi connectivity index (χ1v) is 10.9. The molecule has 6 nitrogen and oxygen atoms in total. The molecule has 0 spiro atoms. The van der Waals surface area contributed by atoms with Crippen molar-refractivity contribution in [3.63, 3.8) is 0 Å². The predicted molar refractivity (Wildman–Crippen MR) is 118 cm³/mol. The summed E-state index contributed by atoms with van der Waals surface area (Å²) in [6.45, 7) is 0. The second-order valence-electron chi connectivity index (χ2n) is 6.60. The average Bonchev–Trinajstić information content (AvgIpc) is 2.75. The topological polar surface area (TPSA) is 88.2 Å². The van der Waals surface area contributed by atoms with Gasteiger partial charge in [-0.1, -0.05) is 29.8 Å². The van der Waals surface area contributed by atoms with Crippen LogP contribution in [0.15, 0.2) is 83.8 Å². The van der Waals surface area contributed by atoms with Crippen LogP contribution in [0.25, 0.3) is 10.9 Å². The molecule has 1 aromatic heterocycles. The molecule has 0 aliphatic heterocycles. The Morgan fingerprint density at radius 3 is 2.45 bits per heavy atom. The van der Waals surface area contributed by atoms with E-state index in [1.54, 1.807) is 6.07 Å². The number of carbonyl (C=O) groups excluding carboxylic acids is 1. The van der Waals surface area contributed by atoms with Gasteiger partial charge in [0.15, 0.2) is 0 Å². The van der Waals surface area contributed by atoms with Gasteiger partial charge in [-0.05, 0) is 60.7 Å². The fourth-order valence-corrected chi connectivity index (χ4v) is 4.49. The van der Waals surface area contributed by atoms with Crippen molar-refractivity contribution >= 4 is 49.9 Å². The number of nitrogens with one attached hydrogen (secondary N) is 2. The van der Waals surface area contributed by atoms with Crippen molar-refractivity contribution in [3.05, 3.63) is 95.3 Å². The van der Waals surface area contributed by atoms with E-state index in [0.717, 1.165) is 17.5 Å². The van der Waals surface area contributed by atoms with Gasteiger partial charge >= 0.3 is 0 Å². The summed E-state index contributed by atoms with van der Waals surface area (Å²) < 4.78 is 40.9. The van der Waals surface area contributed by atoms with Gasteiger partial charge in [-0.15, -0.1) is 0 Å². The number of anilines is 2. The minimum Gasteiger partial charge on any atom is -0.307 e. The smallest absolute Gasteiger partial charge is 0.263 e. The Morgan fingerprint density at radius 1 is 0.935 bits per heavy atom. The molecule has 0 aliphatic rings. The van der Waals surface area contributed by atoms with Crippen LogP contribution in [0.4, 0.5) is 15.9 Å². The van der Waals surface area contributed by atoms with Crippen molar-refractivity contribution in [1.82, 2.24) is 4.98 Å². The number of para-hydroxylation sites is 1. The number of fused-ring (bicyclic) bond motifs is 1. The normalized spacial score (nSPS) is 11.3. The third-order valence-corrected chi connectivity index (χ3v) is 6.28.